The molecular weight excluding hydrogens is 713 g/mol. The second-order valence-corrected chi connectivity index (χ2v) is 16.8. The number of carbonyl (C=O) groups excluding carboxylic acids is 2. The Morgan fingerprint density at radius 1 is 0.582 bits per heavy atom. The summed E-state index contributed by atoms with van der Waals surface area (Å²) in [6, 6.07) is 0. The number of esters is 2. The Kier molecular flexibility index (Phi) is 35.7. The molecule has 10 heteroatoms. The van der Waals surface area contributed by atoms with Crippen molar-refractivity contribution >= 4 is 19.8 Å². The van der Waals surface area contributed by atoms with Crippen molar-refractivity contribution < 1.29 is 42.1 Å². The highest BCUT2D eigenvalue weighted by atomic mass is 31.2. The molecule has 0 saturated carbocycles. The Labute approximate surface area is 336 Å². The summed E-state index contributed by atoms with van der Waals surface area (Å²) in [4.78, 5) is 35.3. The van der Waals surface area contributed by atoms with Crippen LogP contribution in [0, 0.1) is 0 Å². The molecule has 55 heavy (non-hydrogen) atoms. The van der Waals surface area contributed by atoms with E-state index in [1.165, 1.54) is 70.6 Å². The summed E-state index contributed by atoms with van der Waals surface area (Å²) in [5.74, 6) is -0.868. The number of quaternary nitrogens is 1. The van der Waals surface area contributed by atoms with Gasteiger partial charge in [0, 0.05) is 12.8 Å². The zero-order valence-electron chi connectivity index (χ0n) is 35.6. The summed E-state index contributed by atoms with van der Waals surface area (Å²) in [5, 5.41) is 0. The van der Waals surface area contributed by atoms with E-state index in [1.807, 2.05) is 21.1 Å². The van der Waals surface area contributed by atoms with Crippen LogP contribution in [0.1, 0.15) is 162 Å². The Balaban J connectivity index is 4.47. The zero-order valence-corrected chi connectivity index (χ0v) is 36.5. The van der Waals surface area contributed by atoms with Crippen molar-refractivity contribution in [3.05, 3.63) is 60.8 Å². The van der Waals surface area contributed by atoms with E-state index >= 15 is 0 Å². The summed E-state index contributed by atoms with van der Waals surface area (Å²) in [7, 11) is 1.44. The van der Waals surface area contributed by atoms with E-state index in [1.54, 1.807) is 0 Å². The van der Waals surface area contributed by atoms with Crippen LogP contribution in [-0.4, -0.2) is 74.9 Å². The van der Waals surface area contributed by atoms with Crippen LogP contribution in [0.2, 0.25) is 0 Å². The maximum absolute atomic E-state index is 12.7. The Bertz CT molecular complexity index is 1120. The number of hydrogen-bond acceptors (Lipinski definition) is 7. The number of phosphoric acid groups is 1. The lowest BCUT2D eigenvalue weighted by Crippen LogP contribution is -2.37. The first-order valence-electron chi connectivity index (χ1n) is 21.5. The number of allylic oxidation sites excluding steroid dienone is 10. The van der Waals surface area contributed by atoms with Gasteiger partial charge in [0.25, 0.3) is 0 Å². The third-order valence-electron chi connectivity index (χ3n) is 8.81. The van der Waals surface area contributed by atoms with Gasteiger partial charge in [0.15, 0.2) is 6.10 Å². The van der Waals surface area contributed by atoms with Crippen molar-refractivity contribution in [1.29, 1.82) is 0 Å². The summed E-state index contributed by atoms with van der Waals surface area (Å²) < 4.78 is 34.2. The van der Waals surface area contributed by atoms with Gasteiger partial charge in [-0.2, -0.15) is 0 Å². The van der Waals surface area contributed by atoms with E-state index in [4.69, 9.17) is 18.5 Å². The Morgan fingerprint density at radius 2 is 1.04 bits per heavy atom. The van der Waals surface area contributed by atoms with E-state index in [9.17, 15) is 19.0 Å². The smallest absolute Gasteiger partial charge is 0.462 e. The van der Waals surface area contributed by atoms with Crippen LogP contribution >= 0.6 is 7.82 Å². The minimum Gasteiger partial charge on any atom is -0.462 e. The van der Waals surface area contributed by atoms with Crippen LogP contribution in [0.25, 0.3) is 0 Å². The fourth-order valence-corrected chi connectivity index (χ4v) is 6.20. The van der Waals surface area contributed by atoms with Gasteiger partial charge in [0.2, 0.25) is 0 Å². The van der Waals surface area contributed by atoms with Crippen molar-refractivity contribution in [2.45, 2.75) is 168 Å². The molecule has 0 heterocycles. The van der Waals surface area contributed by atoms with E-state index in [2.05, 4.69) is 74.6 Å². The van der Waals surface area contributed by atoms with E-state index in [0.29, 0.717) is 23.9 Å². The standard InChI is InChI=1S/C45H80NO8P/c1-6-8-10-12-14-16-18-20-22-23-24-26-27-29-31-33-35-37-44(47)51-41-43(42-53-55(49,50)52-40-39-46(3,4)5)54-45(48)38-36-34-32-30-28-25-21-19-17-15-13-11-9-7-2/h8,10,14,16,20,22,24,26,29,31,43H,6-7,9,11-13,15,17-19,21,23,25,27-28,30,32-42H2,1-5H3/p+1/b10-8+,16-14+,22-20+,26-24+,31-29+/t43-/m1/s1. The normalized spacial score (nSPS) is 14.2. The maximum Gasteiger partial charge on any atom is 0.472 e. The molecule has 0 aromatic carbocycles. The first-order valence-corrected chi connectivity index (χ1v) is 23.0. The van der Waals surface area contributed by atoms with Gasteiger partial charge in [-0.3, -0.25) is 18.6 Å². The molecule has 0 radical (unpaired) electrons. The van der Waals surface area contributed by atoms with Gasteiger partial charge in [-0.05, 0) is 51.4 Å². The number of hydrogen-bond donors (Lipinski definition) is 1. The van der Waals surface area contributed by atoms with Crippen molar-refractivity contribution in [2.24, 2.45) is 0 Å². The fraction of sp³-hybridized carbons (Fsp3) is 0.733. The van der Waals surface area contributed by atoms with Gasteiger partial charge in [0.05, 0.1) is 27.7 Å². The van der Waals surface area contributed by atoms with E-state index in [-0.39, 0.29) is 26.1 Å². The number of nitrogens with zero attached hydrogens (tertiary/aromatic N) is 1. The molecule has 0 aromatic heterocycles. The molecule has 9 nitrogen and oxygen atoms in total. The lowest BCUT2D eigenvalue weighted by Gasteiger charge is -2.24. The summed E-state index contributed by atoms with van der Waals surface area (Å²) >= 11 is 0. The molecule has 0 aliphatic carbocycles. The van der Waals surface area contributed by atoms with Gasteiger partial charge < -0.3 is 18.9 Å². The lowest BCUT2D eigenvalue weighted by molar-refractivity contribution is -0.870. The second-order valence-electron chi connectivity index (χ2n) is 15.4. The van der Waals surface area contributed by atoms with Crippen LogP contribution < -0.4 is 0 Å². The average molecular weight is 795 g/mol. The van der Waals surface area contributed by atoms with Crippen molar-refractivity contribution in [1.82, 2.24) is 0 Å². The zero-order chi connectivity index (χ0) is 40.7. The average Bonchev–Trinajstić information content (AvgIpc) is 3.13. The van der Waals surface area contributed by atoms with Crippen LogP contribution in [0.15, 0.2) is 60.8 Å². The number of carbonyl (C=O) groups is 2. The largest absolute Gasteiger partial charge is 0.472 e. The molecular formula is C45H81NO8P+. The molecule has 0 bridgehead atoms. The molecule has 0 aliphatic heterocycles. The second kappa shape index (κ2) is 37.3. The number of likely N-dealkylation sites (N-methyl/N-ethyl adjacent to an activating group) is 1. The Morgan fingerprint density at radius 3 is 1.53 bits per heavy atom. The predicted molar refractivity (Wildman–Crippen MR) is 229 cm³/mol. The Hall–Kier alpha value is -2.29. The highest BCUT2D eigenvalue weighted by Crippen LogP contribution is 2.43. The fourth-order valence-electron chi connectivity index (χ4n) is 5.46. The van der Waals surface area contributed by atoms with Crippen molar-refractivity contribution in [3.63, 3.8) is 0 Å². The molecule has 1 unspecified atom stereocenters. The number of phosphoric ester groups is 1. The van der Waals surface area contributed by atoms with E-state index in [0.717, 1.165) is 51.4 Å². The predicted octanol–water partition coefficient (Wildman–Crippen LogP) is 12.1. The van der Waals surface area contributed by atoms with Crippen LogP contribution in [0.3, 0.4) is 0 Å². The highest BCUT2D eigenvalue weighted by Gasteiger charge is 2.27. The first kappa shape index (κ1) is 52.7. The third-order valence-corrected chi connectivity index (χ3v) is 9.80. The number of unbranched alkanes of at least 4 members (excludes halogenated alkanes) is 14. The van der Waals surface area contributed by atoms with Crippen LogP contribution in [0.4, 0.5) is 0 Å². The molecule has 0 amide bonds. The number of ether oxygens (including phenoxy) is 2. The maximum atomic E-state index is 12.7. The summed E-state index contributed by atoms with van der Waals surface area (Å²) in [6.45, 7) is 4.23. The first-order chi connectivity index (χ1) is 26.5. The van der Waals surface area contributed by atoms with Crippen molar-refractivity contribution in [3.8, 4) is 0 Å². The van der Waals surface area contributed by atoms with E-state index < -0.39 is 32.5 Å². The molecule has 2 atom stereocenters. The molecule has 0 rings (SSSR count). The van der Waals surface area contributed by atoms with Crippen LogP contribution in [0.5, 0.6) is 0 Å². The molecule has 0 saturated heterocycles. The molecule has 318 valence electrons. The molecule has 0 aromatic rings. The van der Waals surface area contributed by atoms with Gasteiger partial charge in [-0.1, -0.05) is 158 Å². The lowest BCUT2D eigenvalue weighted by atomic mass is 10.0. The number of rotatable bonds is 38. The molecule has 0 aliphatic rings. The molecule has 1 N–H and O–H groups in total. The van der Waals surface area contributed by atoms with Gasteiger partial charge in [-0.15, -0.1) is 0 Å². The monoisotopic (exact) mass is 795 g/mol. The van der Waals surface area contributed by atoms with Crippen molar-refractivity contribution in [2.75, 3.05) is 47.5 Å². The molecule has 0 spiro atoms. The SMILES string of the molecule is CC/C=C/C/C=C/C/C=C/C/C=C/C/C=C/CCCC(=O)OC[C@H](COP(=O)(O)OCC[N+](C)(C)C)OC(=O)CCCCCCCCCCCCCCCC. The highest BCUT2D eigenvalue weighted by molar-refractivity contribution is 7.47. The van der Waals surface area contributed by atoms with Gasteiger partial charge in [-0.25, -0.2) is 4.57 Å². The topological polar surface area (TPSA) is 108 Å². The van der Waals surface area contributed by atoms with Gasteiger partial charge >= 0.3 is 19.8 Å². The minimum atomic E-state index is -4.39. The summed E-state index contributed by atoms with van der Waals surface area (Å²) in [6.07, 6.45) is 44.2. The quantitative estimate of drug-likeness (QED) is 0.0216. The molecule has 0 fully saturated rings. The van der Waals surface area contributed by atoms with Gasteiger partial charge in [0.1, 0.15) is 19.8 Å². The minimum absolute atomic E-state index is 0.0216. The summed E-state index contributed by atoms with van der Waals surface area (Å²) in [5.41, 5.74) is 0. The third kappa shape index (κ3) is 41.2. The van der Waals surface area contributed by atoms with Crippen LogP contribution in [-0.2, 0) is 32.7 Å².